The first-order valence-corrected chi connectivity index (χ1v) is 6.07. The molecule has 14 heavy (non-hydrogen) atoms. The van der Waals surface area contributed by atoms with Crippen molar-refractivity contribution in [1.29, 1.82) is 0 Å². The number of hydrogen-bond donors (Lipinski definition) is 1. The van der Waals surface area contributed by atoms with E-state index in [1.807, 2.05) is 6.92 Å². The summed E-state index contributed by atoms with van der Waals surface area (Å²) in [4.78, 5) is 0. The van der Waals surface area contributed by atoms with E-state index in [9.17, 15) is 5.11 Å². The third-order valence-electron chi connectivity index (χ3n) is 2.63. The van der Waals surface area contributed by atoms with Gasteiger partial charge in [-0.25, -0.2) is 0 Å². The van der Waals surface area contributed by atoms with Crippen molar-refractivity contribution < 1.29 is 5.11 Å². The third kappa shape index (κ3) is 7.14. The standard InChI is InChI=1S/C13H26O/c1-4-6-7-8-9-11-13(14)12(3)10-5-2/h10,13-14H,4-9,11H2,1-3H3. The van der Waals surface area contributed by atoms with Crippen LogP contribution in [-0.4, -0.2) is 11.2 Å². The van der Waals surface area contributed by atoms with Gasteiger partial charge >= 0.3 is 0 Å². The Morgan fingerprint density at radius 1 is 1.14 bits per heavy atom. The summed E-state index contributed by atoms with van der Waals surface area (Å²) in [5.74, 6) is 0. The van der Waals surface area contributed by atoms with Crippen LogP contribution >= 0.6 is 0 Å². The molecule has 1 nitrogen and oxygen atoms in total. The second-order valence-corrected chi connectivity index (χ2v) is 4.08. The average molecular weight is 198 g/mol. The molecule has 0 aromatic carbocycles. The highest BCUT2D eigenvalue weighted by Crippen LogP contribution is 2.12. The molecule has 0 aromatic rings. The van der Waals surface area contributed by atoms with Crippen molar-refractivity contribution in [2.24, 2.45) is 0 Å². The number of rotatable bonds is 8. The predicted molar refractivity (Wildman–Crippen MR) is 63.4 cm³/mol. The van der Waals surface area contributed by atoms with E-state index in [4.69, 9.17) is 0 Å². The van der Waals surface area contributed by atoms with Gasteiger partial charge < -0.3 is 5.11 Å². The van der Waals surface area contributed by atoms with Crippen LogP contribution in [0.4, 0.5) is 0 Å². The lowest BCUT2D eigenvalue weighted by Gasteiger charge is -2.10. The highest BCUT2D eigenvalue weighted by Gasteiger charge is 2.04. The van der Waals surface area contributed by atoms with Crippen LogP contribution in [0.1, 0.15) is 65.7 Å². The molecule has 0 bridgehead atoms. The molecule has 1 atom stereocenters. The van der Waals surface area contributed by atoms with Crippen LogP contribution < -0.4 is 0 Å². The summed E-state index contributed by atoms with van der Waals surface area (Å²) >= 11 is 0. The van der Waals surface area contributed by atoms with Crippen LogP contribution in [0.5, 0.6) is 0 Å². The number of aliphatic hydroxyl groups is 1. The van der Waals surface area contributed by atoms with Gasteiger partial charge in [-0.05, 0) is 25.3 Å². The number of allylic oxidation sites excluding steroid dienone is 1. The van der Waals surface area contributed by atoms with Gasteiger partial charge in [0.2, 0.25) is 0 Å². The Kier molecular flexibility index (Phi) is 9.06. The first-order valence-electron chi connectivity index (χ1n) is 6.07. The number of hydrogen-bond acceptors (Lipinski definition) is 1. The predicted octanol–water partition coefficient (Wildman–Crippen LogP) is 4.06. The Morgan fingerprint density at radius 3 is 2.36 bits per heavy atom. The van der Waals surface area contributed by atoms with Crippen molar-refractivity contribution in [3.05, 3.63) is 11.6 Å². The topological polar surface area (TPSA) is 20.2 Å². The fraction of sp³-hybridized carbons (Fsp3) is 0.846. The van der Waals surface area contributed by atoms with Crippen molar-refractivity contribution in [2.45, 2.75) is 71.8 Å². The summed E-state index contributed by atoms with van der Waals surface area (Å²) < 4.78 is 0. The van der Waals surface area contributed by atoms with Crippen molar-refractivity contribution >= 4 is 0 Å². The normalized spacial score (nSPS) is 14.4. The van der Waals surface area contributed by atoms with Crippen LogP contribution in [0.2, 0.25) is 0 Å². The van der Waals surface area contributed by atoms with E-state index in [0.717, 1.165) is 24.8 Å². The highest BCUT2D eigenvalue weighted by atomic mass is 16.3. The largest absolute Gasteiger partial charge is 0.389 e. The van der Waals surface area contributed by atoms with Gasteiger partial charge in [0.15, 0.2) is 0 Å². The molecule has 0 fully saturated rings. The van der Waals surface area contributed by atoms with Gasteiger partial charge in [0.25, 0.3) is 0 Å². The number of unbranched alkanes of at least 4 members (excludes halogenated alkanes) is 4. The van der Waals surface area contributed by atoms with E-state index in [1.165, 1.54) is 25.7 Å². The van der Waals surface area contributed by atoms with Crippen molar-refractivity contribution in [2.75, 3.05) is 0 Å². The van der Waals surface area contributed by atoms with E-state index in [0.29, 0.717) is 0 Å². The highest BCUT2D eigenvalue weighted by molar-refractivity contribution is 5.03. The quantitative estimate of drug-likeness (QED) is 0.460. The van der Waals surface area contributed by atoms with Crippen LogP contribution in [-0.2, 0) is 0 Å². The minimum absolute atomic E-state index is 0.198. The maximum atomic E-state index is 9.74. The molecule has 1 unspecified atom stereocenters. The van der Waals surface area contributed by atoms with Gasteiger partial charge in [0, 0.05) is 0 Å². The molecule has 0 radical (unpaired) electrons. The first kappa shape index (κ1) is 13.7. The Labute approximate surface area is 89.2 Å². The summed E-state index contributed by atoms with van der Waals surface area (Å²) in [6, 6.07) is 0. The fourth-order valence-electron chi connectivity index (χ4n) is 1.63. The van der Waals surface area contributed by atoms with Gasteiger partial charge in [-0.3, -0.25) is 0 Å². The van der Waals surface area contributed by atoms with Gasteiger partial charge in [0.05, 0.1) is 6.10 Å². The van der Waals surface area contributed by atoms with Gasteiger partial charge in [-0.1, -0.05) is 52.0 Å². The summed E-state index contributed by atoms with van der Waals surface area (Å²) in [5.41, 5.74) is 1.14. The molecule has 1 heteroatoms. The molecule has 0 saturated heterocycles. The molecule has 0 spiro atoms. The van der Waals surface area contributed by atoms with Crippen LogP contribution in [0.3, 0.4) is 0 Å². The molecule has 0 saturated carbocycles. The Balaban J connectivity index is 3.43. The van der Waals surface area contributed by atoms with E-state index in [1.54, 1.807) is 0 Å². The minimum Gasteiger partial charge on any atom is -0.389 e. The van der Waals surface area contributed by atoms with Gasteiger partial charge in [-0.15, -0.1) is 0 Å². The van der Waals surface area contributed by atoms with Crippen molar-refractivity contribution in [3.63, 3.8) is 0 Å². The summed E-state index contributed by atoms with van der Waals surface area (Å²) in [6.07, 6.45) is 10.3. The van der Waals surface area contributed by atoms with Gasteiger partial charge in [-0.2, -0.15) is 0 Å². The Hall–Kier alpha value is -0.300. The average Bonchev–Trinajstić information content (AvgIpc) is 2.17. The van der Waals surface area contributed by atoms with Crippen molar-refractivity contribution in [3.8, 4) is 0 Å². The van der Waals surface area contributed by atoms with Gasteiger partial charge in [0.1, 0.15) is 0 Å². The lowest BCUT2D eigenvalue weighted by Crippen LogP contribution is -2.07. The first-order chi connectivity index (χ1) is 6.72. The monoisotopic (exact) mass is 198 g/mol. The molecule has 84 valence electrons. The lowest BCUT2D eigenvalue weighted by molar-refractivity contribution is 0.195. The smallest absolute Gasteiger partial charge is 0.0747 e. The Bertz CT molecular complexity index is 149. The zero-order chi connectivity index (χ0) is 10.8. The third-order valence-corrected chi connectivity index (χ3v) is 2.63. The van der Waals surface area contributed by atoms with E-state index in [-0.39, 0.29) is 6.10 Å². The molecular weight excluding hydrogens is 172 g/mol. The fourth-order valence-corrected chi connectivity index (χ4v) is 1.63. The van der Waals surface area contributed by atoms with Crippen molar-refractivity contribution in [1.82, 2.24) is 0 Å². The van der Waals surface area contributed by atoms with E-state index in [2.05, 4.69) is 19.9 Å². The molecule has 0 amide bonds. The molecule has 0 aromatic heterocycles. The second kappa shape index (κ2) is 9.26. The summed E-state index contributed by atoms with van der Waals surface area (Å²) in [7, 11) is 0. The lowest BCUT2D eigenvalue weighted by atomic mass is 10.0. The van der Waals surface area contributed by atoms with E-state index < -0.39 is 0 Å². The molecule has 0 aliphatic heterocycles. The summed E-state index contributed by atoms with van der Waals surface area (Å²) in [5, 5.41) is 9.74. The molecule has 0 heterocycles. The maximum Gasteiger partial charge on any atom is 0.0747 e. The van der Waals surface area contributed by atoms with E-state index >= 15 is 0 Å². The summed E-state index contributed by atoms with van der Waals surface area (Å²) in [6.45, 7) is 6.36. The molecule has 0 aliphatic rings. The molecular formula is C13H26O. The number of aliphatic hydroxyl groups excluding tert-OH is 1. The molecule has 0 aliphatic carbocycles. The second-order valence-electron chi connectivity index (χ2n) is 4.08. The zero-order valence-corrected chi connectivity index (χ0v) is 10.1. The molecule has 0 rings (SSSR count). The zero-order valence-electron chi connectivity index (χ0n) is 10.1. The van der Waals surface area contributed by atoms with Crippen LogP contribution in [0, 0.1) is 0 Å². The minimum atomic E-state index is -0.198. The van der Waals surface area contributed by atoms with Crippen LogP contribution in [0.25, 0.3) is 0 Å². The maximum absolute atomic E-state index is 9.74. The SMILES string of the molecule is CCC=C(C)C(O)CCCCCCC. The van der Waals surface area contributed by atoms with Crippen LogP contribution in [0.15, 0.2) is 11.6 Å². The molecule has 1 N–H and O–H groups in total. The Morgan fingerprint density at radius 2 is 1.79 bits per heavy atom.